The molecule has 1 N–H and O–H groups in total. The van der Waals surface area contributed by atoms with Crippen molar-refractivity contribution in [2.45, 2.75) is 45.1 Å². The van der Waals surface area contributed by atoms with Crippen LogP contribution in [-0.4, -0.2) is 22.6 Å². The van der Waals surface area contributed by atoms with E-state index in [0.717, 1.165) is 18.1 Å². The highest BCUT2D eigenvalue weighted by Crippen LogP contribution is 2.37. The maximum absolute atomic E-state index is 5.14. The number of hydrogen-bond donors (Lipinski definition) is 1. The molecule has 1 saturated carbocycles. The van der Waals surface area contributed by atoms with Crippen LogP contribution in [-0.2, 0) is 0 Å². The fraction of sp³-hybridized carbons (Fsp3) is 0.667. The summed E-state index contributed by atoms with van der Waals surface area (Å²) in [5.74, 6) is 2.25. The lowest BCUT2D eigenvalue weighted by Crippen LogP contribution is -2.44. The molecule has 0 saturated heterocycles. The Morgan fingerprint density at radius 1 is 1.44 bits per heavy atom. The van der Waals surface area contributed by atoms with E-state index in [0.29, 0.717) is 5.88 Å². The molecule has 88 valence electrons. The highest BCUT2D eigenvalue weighted by atomic mass is 16.5. The molecule has 0 aromatic carbocycles. The van der Waals surface area contributed by atoms with Gasteiger partial charge in [0.25, 0.3) is 0 Å². The summed E-state index contributed by atoms with van der Waals surface area (Å²) in [4.78, 5) is 8.57. The summed E-state index contributed by atoms with van der Waals surface area (Å²) in [5, 5.41) is 3.53. The first kappa shape index (κ1) is 11.2. The second-order valence-corrected chi connectivity index (χ2v) is 4.46. The molecule has 0 atom stereocenters. The average Bonchev–Trinajstić information content (AvgIpc) is 2.22. The molecule has 1 aliphatic carbocycles. The summed E-state index contributed by atoms with van der Waals surface area (Å²) < 4.78 is 5.14. The molecular formula is C12H19N3O. The van der Waals surface area contributed by atoms with Crippen molar-refractivity contribution in [1.82, 2.24) is 9.97 Å². The summed E-state index contributed by atoms with van der Waals surface area (Å²) in [6.45, 7) is 4.10. The molecule has 16 heavy (non-hydrogen) atoms. The molecule has 0 aliphatic heterocycles. The SMILES string of the molecule is CCC1(Nc2cc(OC)nc(C)n2)CCC1. The van der Waals surface area contributed by atoms with Crippen molar-refractivity contribution in [3.05, 3.63) is 11.9 Å². The summed E-state index contributed by atoms with van der Waals surface area (Å²) in [6, 6.07) is 1.86. The Morgan fingerprint density at radius 3 is 2.69 bits per heavy atom. The number of nitrogens with zero attached hydrogens (tertiary/aromatic N) is 2. The van der Waals surface area contributed by atoms with Crippen LogP contribution in [0.5, 0.6) is 5.88 Å². The van der Waals surface area contributed by atoms with Crippen molar-refractivity contribution in [2.75, 3.05) is 12.4 Å². The van der Waals surface area contributed by atoms with E-state index in [4.69, 9.17) is 4.74 Å². The molecule has 0 unspecified atom stereocenters. The molecule has 1 aromatic heterocycles. The third-order valence-corrected chi connectivity index (χ3v) is 3.40. The Hall–Kier alpha value is -1.32. The van der Waals surface area contributed by atoms with Gasteiger partial charge in [0.1, 0.15) is 11.6 Å². The molecule has 0 spiro atoms. The van der Waals surface area contributed by atoms with Crippen LogP contribution in [0, 0.1) is 6.92 Å². The largest absolute Gasteiger partial charge is 0.481 e. The van der Waals surface area contributed by atoms with E-state index in [1.54, 1.807) is 7.11 Å². The smallest absolute Gasteiger partial charge is 0.218 e. The monoisotopic (exact) mass is 221 g/mol. The van der Waals surface area contributed by atoms with Gasteiger partial charge in [-0.3, -0.25) is 0 Å². The number of hydrogen-bond acceptors (Lipinski definition) is 4. The lowest BCUT2D eigenvalue weighted by molar-refractivity contribution is 0.268. The zero-order valence-electron chi connectivity index (χ0n) is 10.2. The van der Waals surface area contributed by atoms with E-state index in [2.05, 4.69) is 22.2 Å². The van der Waals surface area contributed by atoms with Crippen LogP contribution in [0.25, 0.3) is 0 Å². The van der Waals surface area contributed by atoms with E-state index in [1.807, 2.05) is 13.0 Å². The van der Waals surface area contributed by atoms with Crippen LogP contribution in [0.3, 0.4) is 0 Å². The van der Waals surface area contributed by atoms with E-state index < -0.39 is 0 Å². The number of ether oxygens (including phenoxy) is 1. The third kappa shape index (κ3) is 2.10. The van der Waals surface area contributed by atoms with Crippen LogP contribution in [0.1, 0.15) is 38.4 Å². The molecule has 0 radical (unpaired) electrons. The fourth-order valence-electron chi connectivity index (χ4n) is 2.15. The van der Waals surface area contributed by atoms with Gasteiger partial charge >= 0.3 is 0 Å². The molecule has 2 rings (SSSR count). The Balaban J connectivity index is 2.17. The predicted octanol–water partition coefficient (Wildman–Crippen LogP) is 2.54. The summed E-state index contributed by atoms with van der Waals surface area (Å²) in [6.07, 6.45) is 4.91. The molecule has 1 aliphatic rings. The van der Waals surface area contributed by atoms with Crippen LogP contribution in [0.15, 0.2) is 6.07 Å². The molecule has 1 heterocycles. The number of nitrogens with one attached hydrogen (secondary N) is 1. The maximum Gasteiger partial charge on any atom is 0.218 e. The van der Waals surface area contributed by atoms with Crippen molar-refractivity contribution in [3.63, 3.8) is 0 Å². The summed E-state index contributed by atoms with van der Waals surface area (Å²) in [5.41, 5.74) is 0.256. The van der Waals surface area contributed by atoms with Gasteiger partial charge in [0, 0.05) is 11.6 Å². The molecule has 0 bridgehead atoms. The van der Waals surface area contributed by atoms with Crippen molar-refractivity contribution in [1.29, 1.82) is 0 Å². The topological polar surface area (TPSA) is 47.0 Å². The molecule has 1 fully saturated rings. The van der Waals surface area contributed by atoms with Gasteiger partial charge in [-0.15, -0.1) is 0 Å². The number of aromatic nitrogens is 2. The van der Waals surface area contributed by atoms with Gasteiger partial charge in [-0.1, -0.05) is 6.92 Å². The maximum atomic E-state index is 5.14. The first-order valence-electron chi connectivity index (χ1n) is 5.85. The standard InChI is InChI=1S/C12H19N3O/c1-4-12(6-5-7-12)15-10-8-11(16-3)14-9(2)13-10/h8H,4-7H2,1-3H3,(H,13,14,15). The van der Waals surface area contributed by atoms with Gasteiger partial charge in [-0.2, -0.15) is 4.98 Å². The van der Waals surface area contributed by atoms with E-state index >= 15 is 0 Å². The second-order valence-electron chi connectivity index (χ2n) is 4.46. The van der Waals surface area contributed by atoms with Gasteiger partial charge in [-0.25, -0.2) is 4.98 Å². The predicted molar refractivity (Wildman–Crippen MR) is 63.8 cm³/mol. The Bertz CT molecular complexity index is 369. The fourth-order valence-corrected chi connectivity index (χ4v) is 2.15. The van der Waals surface area contributed by atoms with Gasteiger partial charge in [0.15, 0.2) is 0 Å². The van der Waals surface area contributed by atoms with Gasteiger partial charge < -0.3 is 10.1 Å². The minimum absolute atomic E-state index is 0.256. The van der Waals surface area contributed by atoms with Gasteiger partial charge in [-0.05, 0) is 32.6 Å². The van der Waals surface area contributed by atoms with Crippen molar-refractivity contribution < 1.29 is 4.74 Å². The number of anilines is 1. The van der Waals surface area contributed by atoms with Crippen LogP contribution >= 0.6 is 0 Å². The number of rotatable bonds is 4. The van der Waals surface area contributed by atoms with Crippen molar-refractivity contribution in [3.8, 4) is 5.88 Å². The van der Waals surface area contributed by atoms with E-state index in [1.165, 1.54) is 19.3 Å². The lowest BCUT2D eigenvalue weighted by atomic mass is 9.75. The summed E-state index contributed by atoms with van der Waals surface area (Å²) in [7, 11) is 1.63. The summed E-state index contributed by atoms with van der Waals surface area (Å²) >= 11 is 0. The Labute approximate surface area is 96.4 Å². The zero-order valence-corrected chi connectivity index (χ0v) is 10.2. The quantitative estimate of drug-likeness (QED) is 0.848. The number of methoxy groups -OCH3 is 1. The number of aryl methyl sites for hydroxylation is 1. The van der Waals surface area contributed by atoms with Gasteiger partial charge in [0.05, 0.1) is 7.11 Å². The highest BCUT2D eigenvalue weighted by molar-refractivity contribution is 5.42. The molecular weight excluding hydrogens is 202 g/mol. The third-order valence-electron chi connectivity index (χ3n) is 3.40. The van der Waals surface area contributed by atoms with E-state index in [9.17, 15) is 0 Å². The Kier molecular flexibility index (Phi) is 2.99. The minimum Gasteiger partial charge on any atom is -0.481 e. The molecule has 0 amide bonds. The lowest BCUT2D eigenvalue weighted by Gasteiger charge is -2.42. The Morgan fingerprint density at radius 2 is 2.19 bits per heavy atom. The van der Waals surface area contributed by atoms with Gasteiger partial charge in [0.2, 0.25) is 5.88 Å². The minimum atomic E-state index is 0.256. The molecule has 1 aromatic rings. The second kappa shape index (κ2) is 4.28. The molecule has 4 nitrogen and oxygen atoms in total. The van der Waals surface area contributed by atoms with Crippen LogP contribution in [0.2, 0.25) is 0 Å². The van der Waals surface area contributed by atoms with Crippen molar-refractivity contribution in [2.24, 2.45) is 0 Å². The van der Waals surface area contributed by atoms with E-state index in [-0.39, 0.29) is 5.54 Å². The van der Waals surface area contributed by atoms with Crippen molar-refractivity contribution >= 4 is 5.82 Å². The first-order valence-corrected chi connectivity index (χ1v) is 5.85. The van der Waals surface area contributed by atoms with Crippen LogP contribution < -0.4 is 10.1 Å². The average molecular weight is 221 g/mol. The normalized spacial score (nSPS) is 17.7. The van der Waals surface area contributed by atoms with Crippen LogP contribution in [0.4, 0.5) is 5.82 Å². The highest BCUT2D eigenvalue weighted by Gasteiger charge is 2.35. The molecule has 4 heteroatoms. The first-order chi connectivity index (χ1) is 7.67. The zero-order chi connectivity index (χ0) is 11.6.